The summed E-state index contributed by atoms with van der Waals surface area (Å²) in [6, 6.07) is 4.97. The average molecular weight is 293 g/mol. The summed E-state index contributed by atoms with van der Waals surface area (Å²) in [6.45, 7) is 3.90. The molecule has 1 aromatic heterocycles. The van der Waals surface area contributed by atoms with Gasteiger partial charge >= 0.3 is 6.03 Å². The fourth-order valence-electron chi connectivity index (χ4n) is 1.83. The fourth-order valence-corrected chi connectivity index (χ4v) is 2.01. The summed E-state index contributed by atoms with van der Waals surface area (Å²) in [5.74, 6) is 0.740. The number of hydrogen-bond acceptors (Lipinski definition) is 2. The topological polar surface area (TPSA) is 69.8 Å². The number of aromatic nitrogens is 2. The first-order valence-electron chi connectivity index (χ1n) is 6.43. The van der Waals surface area contributed by atoms with Gasteiger partial charge in [-0.05, 0) is 31.0 Å². The van der Waals surface area contributed by atoms with Gasteiger partial charge in [0, 0.05) is 23.1 Å². The Hall–Kier alpha value is -2.01. The number of rotatable bonds is 4. The lowest BCUT2D eigenvalue weighted by Crippen LogP contribution is -2.32. The maximum absolute atomic E-state index is 12.0. The monoisotopic (exact) mass is 292 g/mol. The molecule has 1 heterocycles. The van der Waals surface area contributed by atoms with Crippen molar-refractivity contribution in [2.45, 2.75) is 26.3 Å². The second kappa shape index (κ2) is 6.43. The van der Waals surface area contributed by atoms with Crippen LogP contribution < -0.4 is 10.6 Å². The number of H-pyrrole nitrogens is 1. The number of urea groups is 1. The van der Waals surface area contributed by atoms with E-state index in [1.165, 1.54) is 0 Å². The average Bonchev–Trinajstić information content (AvgIpc) is 2.94. The van der Waals surface area contributed by atoms with Crippen LogP contribution in [-0.2, 0) is 0 Å². The normalized spacial score (nSPS) is 11.9. The van der Waals surface area contributed by atoms with Gasteiger partial charge in [0.15, 0.2) is 0 Å². The predicted molar refractivity (Wildman–Crippen MR) is 80.0 cm³/mol. The Morgan fingerprint density at radius 2 is 2.30 bits per heavy atom. The van der Waals surface area contributed by atoms with Gasteiger partial charge in [0.1, 0.15) is 5.82 Å². The van der Waals surface area contributed by atoms with Crippen LogP contribution in [-0.4, -0.2) is 16.0 Å². The fraction of sp³-hybridized carbons (Fsp3) is 0.286. The van der Waals surface area contributed by atoms with Crippen molar-refractivity contribution in [3.63, 3.8) is 0 Å². The Morgan fingerprint density at radius 3 is 2.90 bits per heavy atom. The smallest absolute Gasteiger partial charge is 0.319 e. The molecule has 5 nitrogen and oxygen atoms in total. The minimum absolute atomic E-state index is 0.147. The van der Waals surface area contributed by atoms with E-state index >= 15 is 0 Å². The van der Waals surface area contributed by atoms with E-state index in [2.05, 4.69) is 20.6 Å². The molecule has 1 atom stereocenters. The summed E-state index contributed by atoms with van der Waals surface area (Å²) in [7, 11) is 0. The number of imidazole rings is 1. The lowest BCUT2D eigenvalue weighted by atomic mass is 10.2. The minimum atomic E-state index is -0.284. The van der Waals surface area contributed by atoms with Crippen molar-refractivity contribution >= 4 is 23.3 Å². The van der Waals surface area contributed by atoms with Crippen molar-refractivity contribution in [3.8, 4) is 0 Å². The number of aromatic amines is 1. The number of carbonyl (C=O) groups excluding carboxylic acids is 1. The molecular weight excluding hydrogens is 276 g/mol. The van der Waals surface area contributed by atoms with E-state index in [1.54, 1.807) is 18.5 Å². The van der Waals surface area contributed by atoms with Crippen LogP contribution in [0, 0.1) is 6.92 Å². The quantitative estimate of drug-likeness (QED) is 0.805. The van der Waals surface area contributed by atoms with Gasteiger partial charge < -0.3 is 15.6 Å². The highest BCUT2D eigenvalue weighted by Gasteiger charge is 2.14. The molecule has 0 radical (unpaired) electrons. The van der Waals surface area contributed by atoms with Crippen molar-refractivity contribution in [1.82, 2.24) is 15.3 Å². The van der Waals surface area contributed by atoms with Crippen molar-refractivity contribution in [1.29, 1.82) is 0 Å². The molecule has 0 aliphatic heterocycles. The van der Waals surface area contributed by atoms with Crippen LogP contribution in [0.5, 0.6) is 0 Å². The van der Waals surface area contributed by atoms with E-state index in [0.29, 0.717) is 10.7 Å². The Labute approximate surface area is 122 Å². The molecule has 2 aromatic rings. The summed E-state index contributed by atoms with van der Waals surface area (Å²) >= 11 is 6.02. The van der Waals surface area contributed by atoms with E-state index in [0.717, 1.165) is 17.8 Å². The standard InChI is InChI=1S/C14H17ClN4O/c1-3-12(13-16-6-7-17-13)19-14(20)18-10-5-4-9(2)11(15)8-10/h4-8,12H,3H2,1-2H3,(H,16,17)(H2,18,19,20). The molecule has 0 spiro atoms. The van der Waals surface area contributed by atoms with Crippen LogP contribution >= 0.6 is 11.6 Å². The third-order valence-electron chi connectivity index (χ3n) is 2.99. The lowest BCUT2D eigenvalue weighted by Gasteiger charge is -2.15. The summed E-state index contributed by atoms with van der Waals surface area (Å²) in [6.07, 6.45) is 4.14. The number of halogens is 1. The molecule has 0 aliphatic rings. The Morgan fingerprint density at radius 1 is 1.50 bits per heavy atom. The molecule has 106 valence electrons. The zero-order chi connectivity index (χ0) is 14.5. The van der Waals surface area contributed by atoms with E-state index in [9.17, 15) is 4.79 Å². The summed E-state index contributed by atoms with van der Waals surface area (Å²) in [5.41, 5.74) is 1.63. The number of amides is 2. The second-order valence-corrected chi connectivity index (χ2v) is 4.90. The van der Waals surface area contributed by atoms with Crippen molar-refractivity contribution in [2.75, 3.05) is 5.32 Å². The molecule has 0 bridgehead atoms. The van der Waals surface area contributed by atoms with Crippen LogP contribution in [0.15, 0.2) is 30.6 Å². The summed E-state index contributed by atoms with van der Waals surface area (Å²) in [4.78, 5) is 19.1. The Kier molecular flexibility index (Phi) is 4.63. The third-order valence-corrected chi connectivity index (χ3v) is 3.40. The molecular formula is C14H17ClN4O. The number of anilines is 1. The molecule has 1 aromatic carbocycles. The summed E-state index contributed by atoms with van der Waals surface area (Å²) < 4.78 is 0. The van der Waals surface area contributed by atoms with Crippen molar-refractivity contribution in [2.24, 2.45) is 0 Å². The number of hydrogen-bond donors (Lipinski definition) is 3. The molecule has 0 aliphatic carbocycles. The van der Waals surface area contributed by atoms with Crippen molar-refractivity contribution < 1.29 is 4.79 Å². The van der Waals surface area contributed by atoms with Crippen LogP contribution in [0.1, 0.15) is 30.8 Å². The maximum atomic E-state index is 12.0. The van der Waals surface area contributed by atoms with Gasteiger partial charge in [-0.2, -0.15) is 0 Å². The molecule has 2 rings (SSSR count). The number of nitrogens with one attached hydrogen (secondary N) is 3. The third kappa shape index (κ3) is 3.51. The van der Waals surface area contributed by atoms with Gasteiger partial charge in [-0.25, -0.2) is 9.78 Å². The first-order chi connectivity index (χ1) is 9.60. The number of carbonyl (C=O) groups is 1. The highest BCUT2D eigenvalue weighted by molar-refractivity contribution is 6.31. The van der Waals surface area contributed by atoms with E-state index in [-0.39, 0.29) is 12.1 Å². The molecule has 0 saturated heterocycles. The van der Waals surface area contributed by atoms with Crippen molar-refractivity contribution in [3.05, 3.63) is 47.0 Å². The second-order valence-electron chi connectivity index (χ2n) is 4.50. The number of benzene rings is 1. The lowest BCUT2D eigenvalue weighted by molar-refractivity contribution is 0.247. The van der Waals surface area contributed by atoms with Crippen LogP contribution in [0.2, 0.25) is 5.02 Å². The molecule has 1 unspecified atom stereocenters. The van der Waals surface area contributed by atoms with Crippen LogP contribution in [0.3, 0.4) is 0 Å². The highest BCUT2D eigenvalue weighted by Crippen LogP contribution is 2.20. The predicted octanol–water partition coefficient (Wildman–Crippen LogP) is 3.64. The van der Waals surface area contributed by atoms with Gasteiger partial charge in [-0.3, -0.25) is 0 Å². The van der Waals surface area contributed by atoms with Gasteiger partial charge in [0.2, 0.25) is 0 Å². The number of aryl methyl sites for hydroxylation is 1. The number of nitrogens with zero attached hydrogens (tertiary/aromatic N) is 1. The van der Waals surface area contributed by atoms with Gasteiger partial charge in [0.25, 0.3) is 0 Å². The highest BCUT2D eigenvalue weighted by atomic mass is 35.5. The van der Waals surface area contributed by atoms with E-state index < -0.39 is 0 Å². The van der Waals surface area contributed by atoms with E-state index in [4.69, 9.17) is 11.6 Å². The molecule has 0 saturated carbocycles. The largest absolute Gasteiger partial charge is 0.347 e. The zero-order valence-corrected chi connectivity index (χ0v) is 12.2. The van der Waals surface area contributed by atoms with Crippen LogP contribution in [0.25, 0.3) is 0 Å². The zero-order valence-electron chi connectivity index (χ0n) is 11.4. The maximum Gasteiger partial charge on any atom is 0.319 e. The van der Waals surface area contributed by atoms with Gasteiger partial charge in [-0.1, -0.05) is 24.6 Å². The Balaban J connectivity index is 1.99. The van der Waals surface area contributed by atoms with Gasteiger partial charge in [0.05, 0.1) is 6.04 Å². The SMILES string of the molecule is CCC(NC(=O)Nc1ccc(C)c(Cl)c1)c1ncc[nH]1. The Bertz CT molecular complexity index is 583. The first kappa shape index (κ1) is 14.4. The molecule has 3 N–H and O–H groups in total. The van der Waals surface area contributed by atoms with E-state index in [1.807, 2.05) is 26.0 Å². The molecule has 0 fully saturated rings. The summed E-state index contributed by atoms with van der Waals surface area (Å²) in [5, 5.41) is 6.25. The first-order valence-corrected chi connectivity index (χ1v) is 6.81. The van der Waals surface area contributed by atoms with Crippen LogP contribution in [0.4, 0.5) is 10.5 Å². The molecule has 2 amide bonds. The minimum Gasteiger partial charge on any atom is -0.347 e. The molecule has 20 heavy (non-hydrogen) atoms. The van der Waals surface area contributed by atoms with Gasteiger partial charge in [-0.15, -0.1) is 0 Å². The molecule has 6 heteroatoms.